The molecule has 0 saturated heterocycles. The molecule has 2 aliphatic rings. The smallest absolute Gasteiger partial charge is 0.149 e. The first-order chi connectivity index (χ1) is 6.86. The summed E-state index contributed by atoms with van der Waals surface area (Å²) in [6, 6.07) is 0.836. The minimum atomic E-state index is 0.201. The molecule has 2 heteroatoms. The van der Waals surface area contributed by atoms with Crippen LogP contribution in [0.25, 0.3) is 0 Å². The first-order valence-corrected chi connectivity index (χ1v) is 6.15. The fraction of sp³-hybridized carbons (Fsp3) is 0.917. The topological polar surface area (TPSA) is 29.1 Å². The summed E-state index contributed by atoms with van der Waals surface area (Å²) < 4.78 is 0. The van der Waals surface area contributed by atoms with Gasteiger partial charge in [-0.1, -0.05) is 25.7 Å². The summed E-state index contributed by atoms with van der Waals surface area (Å²) in [6.07, 6.45) is 10.9. The summed E-state index contributed by atoms with van der Waals surface area (Å²) in [5, 5.41) is 3.56. The maximum absolute atomic E-state index is 11.6. The van der Waals surface area contributed by atoms with Crippen LogP contribution in [0.1, 0.15) is 57.8 Å². The Morgan fingerprint density at radius 3 is 2.36 bits per heavy atom. The van der Waals surface area contributed by atoms with E-state index in [0.29, 0.717) is 11.8 Å². The Hall–Kier alpha value is -0.370. The lowest BCUT2D eigenvalue weighted by atomic mass is 9.90. The molecule has 80 valence electrons. The van der Waals surface area contributed by atoms with E-state index in [1.165, 1.54) is 38.5 Å². The highest BCUT2D eigenvalue weighted by Crippen LogP contribution is 2.21. The molecular formula is C12H21NO. The molecule has 2 saturated carbocycles. The van der Waals surface area contributed by atoms with Gasteiger partial charge < -0.3 is 5.32 Å². The largest absolute Gasteiger partial charge is 0.305 e. The van der Waals surface area contributed by atoms with Crippen molar-refractivity contribution in [2.24, 2.45) is 0 Å². The second kappa shape index (κ2) is 4.92. The summed E-state index contributed by atoms with van der Waals surface area (Å²) >= 11 is 0. The first-order valence-electron chi connectivity index (χ1n) is 6.15. The Kier molecular flexibility index (Phi) is 3.57. The van der Waals surface area contributed by atoms with Crippen molar-refractivity contribution in [1.82, 2.24) is 5.32 Å². The summed E-state index contributed by atoms with van der Waals surface area (Å²) in [5.41, 5.74) is 0. The molecule has 0 aromatic heterocycles. The third-order valence-corrected chi connectivity index (χ3v) is 3.60. The van der Waals surface area contributed by atoms with Gasteiger partial charge in [0.15, 0.2) is 0 Å². The number of carbonyl (C=O) groups excluding carboxylic acids is 1. The van der Waals surface area contributed by atoms with E-state index in [2.05, 4.69) is 5.32 Å². The van der Waals surface area contributed by atoms with Gasteiger partial charge in [-0.15, -0.1) is 0 Å². The SMILES string of the molecule is O=C1CCCCC1NC1CCCCC1. The number of nitrogens with one attached hydrogen (secondary N) is 1. The third-order valence-electron chi connectivity index (χ3n) is 3.60. The van der Waals surface area contributed by atoms with Crippen LogP contribution in [0.3, 0.4) is 0 Å². The molecule has 0 spiro atoms. The predicted octanol–water partition coefficient (Wildman–Crippen LogP) is 2.42. The fourth-order valence-electron chi connectivity index (χ4n) is 2.71. The summed E-state index contributed by atoms with van der Waals surface area (Å²) in [5.74, 6) is 0.460. The molecule has 14 heavy (non-hydrogen) atoms. The van der Waals surface area contributed by atoms with Gasteiger partial charge in [-0.25, -0.2) is 0 Å². The van der Waals surface area contributed by atoms with E-state index < -0.39 is 0 Å². The minimum absolute atomic E-state index is 0.201. The number of rotatable bonds is 2. The van der Waals surface area contributed by atoms with E-state index in [4.69, 9.17) is 0 Å². The molecule has 0 aromatic carbocycles. The predicted molar refractivity (Wildman–Crippen MR) is 57.3 cm³/mol. The van der Waals surface area contributed by atoms with Crippen LogP contribution in [-0.4, -0.2) is 17.9 Å². The van der Waals surface area contributed by atoms with Gasteiger partial charge in [-0.2, -0.15) is 0 Å². The summed E-state index contributed by atoms with van der Waals surface area (Å²) in [6.45, 7) is 0. The van der Waals surface area contributed by atoms with Gasteiger partial charge >= 0.3 is 0 Å². The third kappa shape index (κ3) is 2.57. The number of hydrogen-bond donors (Lipinski definition) is 1. The quantitative estimate of drug-likeness (QED) is 0.733. The zero-order valence-electron chi connectivity index (χ0n) is 8.93. The van der Waals surface area contributed by atoms with Gasteiger partial charge in [-0.05, 0) is 25.7 Å². The average molecular weight is 195 g/mol. The van der Waals surface area contributed by atoms with E-state index >= 15 is 0 Å². The Balaban J connectivity index is 1.79. The number of carbonyl (C=O) groups is 1. The Bertz CT molecular complexity index is 196. The average Bonchev–Trinajstić information content (AvgIpc) is 2.23. The normalized spacial score (nSPS) is 30.6. The van der Waals surface area contributed by atoms with E-state index in [-0.39, 0.29) is 6.04 Å². The summed E-state index contributed by atoms with van der Waals surface area (Å²) in [7, 11) is 0. The van der Waals surface area contributed by atoms with Crippen LogP contribution in [0, 0.1) is 0 Å². The van der Waals surface area contributed by atoms with Crippen LogP contribution in [0.15, 0.2) is 0 Å². The molecule has 2 rings (SSSR count). The second-order valence-electron chi connectivity index (χ2n) is 4.77. The van der Waals surface area contributed by atoms with Gasteiger partial charge in [0.05, 0.1) is 6.04 Å². The Morgan fingerprint density at radius 2 is 1.64 bits per heavy atom. The molecule has 0 amide bonds. The molecule has 0 heterocycles. The molecule has 0 bridgehead atoms. The van der Waals surface area contributed by atoms with Crippen molar-refractivity contribution in [1.29, 1.82) is 0 Å². The van der Waals surface area contributed by atoms with Crippen molar-refractivity contribution in [3.8, 4) is 0 Å². The highest BCUT2D eigenvalue weighted by molar-refractivity contribution is 5.84. The molecule has 1 N–H and O–H groups in total. The van der Waals surface area contributed by atoms with Crippen LogP contribution in [0.5, 0.6) is 0 Å². The maximum atomic E-state index is 11.6. The highest BCUT2D eigenvalue weighted by atomic mass is 16.1. The zero-order valence-corrected chi connectivity index (χ0v) is 8.93. The van der Waals surface area contributed by atoms with Crippen molar-refractivity contribution in [2.45, 2.75) is 69.9 Å². The van der Waals surface area contributed by atoms with Crippen LogP contribution in [0.2, 0.25) is 0 Å². The fourth-order valence-corrected chi connectivity index (χ4v) is 2.71. The minimum Gasteiger partial charge on any atom is -0.305 e. The molecule has 0 aliphatic heterocycles. The van der Waals surface area contributed by atoms with Gasteiger partial charge in [0.25, 0.3) is 0 Å². The lowest BCUT2D eigenvalue weighted by Crippen LogP contribution is -2.45. The van der Waals surface area contributed by atoms with Crippen molar-refractivity contribution >= 4 is 5.78 Å². The molecule has 1 unspecified atom stereocenters. The van der Waals surface area contributed by atoms with E-state index in [1.54, 1.807) is 0 Å². The second-order valence-corrected chi connectivity index (χ2v) is 4.77. The molecule has 2 fully saturated rings. The number of ketones is 1. The Morgan fingerprint density at radius 1 is 0.929 bits per heavy atom. The van der Waals surface area contributed by atoms with Crippen molar-refractivity contribution in [2.75, 3.05) is 0 Å². The number of hydrogen-bond acceptors (Lipinski definition) is 2. The van der Waals surface area contributed by atoms with Crippen LogP contribution in [0.4, 0.5) is 0 Å². The maximum Gasteiger partial charge on any atom is 0.149 e. The van der Waals surface area contributed by atoms with Gasteiger partial charge in [0, 0.05) is 12.5 Å². The lowest BCUT2D eigenvalue weighted by molar-refractivity contribution is -0.122. The molecule has 2 aliphatic carbocycles. The molecule has 0 aromatic rings. The molecular weight excluding hydrogens is 174 g/mol. The number of Topliss-reactive ketones (excluding diaryl/α,β-unsaturated/α-hetero) is 1. The van der Waals surface area contributed by atoms with Crippen LogP contribution >= 0.6 is 0 Å². The monoisotopic (exact) mass is 195 g/mol. The van der Waals surface area contributed by atoms with Gasteiger partial charge in [0.1, 0.15) is 5.78 Å². The highest BCUT2D eigenvalue weighted by Gasteiger charge is 2.25. The first kappa shape index (κ1) is 10.2. The van der Waals surface area contributed by atoms with E-state index in [1.807, 2.05) is 0 Å². The van der Waals surface area contributed by atoms with Crippen LogP contribution < -0.4 is 5.32 Å². The standard InChI is InChI=1S/C12H21NO/c14-12-9-5-4-8-11(12)13-10-6-2-1-3-7-10/h10-11,13H,1-9H2. The lowest BCUT2D eigenvalue weighted by Gasteiger charge is -2.29. The van der Waals surface area contributed by atoms with Crippen molar-refractivity contribution < 1.29 is 4.79 Å². The summed E-state index contributed by atoms with van der Waals surface area (Å²) in [4.78, 5) is 11.6. The van der Waals surface area contributed by atoms with Gasteiger partial charge in [0.2, 0.25) is 0 Å². The molecule has 1 atom stereocenters. The molecule has 2 nitrogen and oxygen atoms in total. The Labute approximate surface area is 86.5 Å². The van der Waals surface area contributed by atoms with Crippen molar-refractivity contribution in [3.05, 3.63) is 0 Å². The zero-order chi connectivity index (χ0) is 9.80. The van der Waals surface area contributed by atoms with E-state index in [9.17, 15) is 4.79 Å². The van der Waals surface area contributed by atoms with Crippen LogP contribution in [-0.2, 0) is 4.79 Å². The van der Waals surface area contributed by atoms with Gasteiger partial charge in [-0.3, -0.25) is 4.79 Å². The van der Waals surface area contributed by atoms with E-state index in [0.717, 1.165) is 19.3 Å². The molecule has 0 radical (unpaired) electrons. The van der Waals surface area contributed by atoms with Crippen molar-refractivity contribution in [3.63, 3.8) is 0 Å².